The smallest absolute Gasteiger partial charge is 0.387 e. The maximum absolute atomic E-state index is 12.2. The summed E-state index contributed by atoms with van der Waals surface area (Å²) in [5.74, 6) is 0.0637. The number of rotatable bonds is 4. The summed E-state index contributed by atoms with van der Waals surface area (Å²) in [4.78, 5) is 3.96. The van der Waals surface area contributed by atoms with Crippen LogP contribution in [0.2, 0.25) is 5.15 Å². The van der Waals surface area contributed by atoms with Gasteiger partial charge in [-0.3, -0.25) is 0 Å². The number of nitrogens with zero attached hydrogens (tertiary/aromatic N) is 1. The van der Waals surface area contributed by atoms with Crippen LogP contribution in [-0.4, -0.2) is 11.6 Å². The molecule has 17 heavy (non-hydrogen) atoms. The molecule has 0 fully saturated rings. The topological polar surface area (TPSA) is 34.1 Å². The van der Waals surface area contributed by atoms with Gasteiger partial charge in [0.15, 0.2) is 5.13 Å². The molecule has 1 aromatic heterocycles. The van der Waals surface area contributed by atoms with E-state index < -0.39 is 6.61 Å². The van der Waals surface area contributed by atoms with E-state index in [9.17, 15) is 8.78 Å². The van der Waals surface area contributed by atoms with Gasteiger partial charge in [0.1, 0.15) is 10.9 Å². The van der Waals surface area contributed by atoms with E-state index in [0.29, 0.717) is 16.0 Å². The maximum atomic E-state index is 12.2. The number of hydrogen-bond donors (Lipinski definition) is 1. The van der Waals surface area contributed by atoms with Crippen LogP contribution in [-0.2, 0) is 0 Å². The van der Waals surface area contributed by atoms with E-state index in [1.165, 1.54) is 17.4 Å². The Morgan fingerprint density at radius 1 is 1.35 bits per heavy atom. The van der Waals surface area contributed by atoms with Crippen molar-refractivity contribution in [2.24, 2.45) is 0 Å². The van der Waals surface area contributed by atoms with Gasteiger partial charge in [-0.2, -0.15) is 8.78 Å². The number of thiazole rings is 1. The third-order valence-corrected chi connectivity index (χ3v) is 2.90. The molecule has 0 spiro atoms. The highest BCUT2D eigenvalue weighted by atomic mass is 35.5. The van der Waals surface area contributed by atoms with Gasteiger partial charge in [-0.25, -0.2) is 4.98 Å². The first-order valence-electron chi connectivity index (χ1n) is 4.57. The zero-order chi connectivity index (χ0) is 12.3. The fourth-order valence-electron chi connectivity index (χ4n) is 1.20. The lowest BCUT2D eigenvalue weighted by Crippen LogP contribution is -2.04. The monoisotopic (exact) mass is 276 g/mol. The summed E-state index contributed by atoms with van der Waals surface area (Å²) in [5, 5.41) is 5.37. The fourth-order valence-corrected chi connectivity index (χ4v) is 2.05. The Labute approximate surface area is 105 Å². The van der Waals surface area contributed by atoms with Crippen LogP contribution >= 0.6 is 22.9 Å². The van der Waals surface area contributed by atoms with Gasteiger partial charge in [0.25, 0.3) is 0 Å². The van der Waals surface area contributed by atoms with E-state index in [2.05, 4.69) is 15.0 Å². The quantitative estimate of drug-likeness (QED) is 0.911. The molecule has 0 aliphatic rings. The SMILES string of the molecule is FC(F)Oc1ccccc1Nc1nc(Cl)cs1. The molecule has 3 nitrogen and oxygen atoms in total. The number of halogens is 3. The second-order valence-electron chi connectivity index (χ2n) is 2.98. The van der Waals surface area contributed by atoms with Crippen LogP contribution in [0.15, 0.2) is 29.6 Å². The van der Waals surface area contributed by atoms with Gasteiger partial charge in [0.2, 0.25) is 0 Å². The summed E-state index contributed by atoms with van der Waals surface area (Å²) in [7, 11) is 0. The Bertz CT molecular complexity index is 507. The number of para-hydroxylation sites is 2. The van der Waals surface area contributed by atoms with Crippen LogP contribution in [0.1, 0.15) is 0 Å². The average molecular weight is 277 g/mol. The second-order valence-corrected chi connectivity index (χ2v) is 4.22. The largest absolute Gasteiger partial charge is 0.433 e. The molecule has 0 saturated carbocycles. The van der Waals surface area contributed by atoms with E-state index in [1.807, 2.05) is 0 Å². The third-order valence-electron chi connectivity index (χ3n) is 1.82. The molecule has 7 heteroatoms. The summed E-state index contributed by atoms with van der Waals surface area (Å²) in [6.45, 7) is -2.86. The number of benzene rings is 1. The Kier molecular flexibility index (Phi) is 3.75. The van der Waals surface area contributed by atoms with Crippen molar-refractivity contribution in [2.45, 2.75) is 6.61 Å². The Morgan fingerprint density at radius 2 is 2.12 bits per heavy atom. The zero-order valence-corrected chi connectivity index (χ0v) is 9.93. The molecule has 1 N–H and O–H groups in total. The molecule has 2 rings (SSSR count). The average Bonchev–Trinajstić information content (AvgIpc) is 2.66. The molecule has 90 valence electrons. The minimum atomic E-state index is -2.86. The molecule has 0 bridgehead atoms. The minimum Gasteiger partial charge on any atom is -0.433 e. The van der Waals surface area contributed by atoms with Crippen LogP contribution in [0.5, 0.6) is 5.75 Å². The lowest BCUT2D eigenvalue weighted by Gasteiger charge is -2.10. The molecule has 0 aliphatic heterocycles. The van der Waals surface area contributed by atoms with E-state index >= 15 is 0 Å². The molecule has 0 amide bonds. The second kappa shape index (κ2) is 5.29. The maximum Gasteiger partial charge on any atom is 0.387 e. The lowest BCUT2D eigenvalue weighted by atomic mass is 10.3. The van der Waals surface area contributed by atoms with Crippen LogP contribution in [0, 0.1) is 0 Å². The summed E-state index contributed by atoms with van der Waals surface area (Å²) in [6.07, 6.45) is 0. The lowest BCUT2D eigenvalue weighted by molar-refractivity contribution is -0.0493. The molecule has 0 radical (unpaired) electrons. The molecule has 1 aromatic carbocycles. The predicted molar refractivity (Wildman–Crippen MR) is 63.5 cm³/mol. The minimum absolute atomic E-state index is 0.0637. The van der Waals surface area contributed by atoms with Crippen molar-refractivity contribution in [1.82, 2.24) is 4.98 Å². The van der Waals surface area contributed by atoms with E-state index in [-0.39, 0.29) is 5.75 Å². The van der Waals surface area contributed by atoms with Gasteiger partial charge in [-0.1, -0.05) is 23.7 Å². The van der Waals surface area contributed by atoms with Crippen LogP contribution in [0.25, 0.3) is 0 Å². The van der Waals surface area contributed by atoms with Crippen molar-refractivity contribution in [2.75, 3.05) is 5.32 Å². The first-order chi connectivity index (χ1) is 8.15. The van der Waals surface area contributed by atoms with Crippen molar-refractivity contribution >= 4 is 33.8 Å². The fraction of sp³-hybridized carbons (Fsp3) is 0.100. The van der Waals surface area contributed by atoms with E-state index in [1.54, 1.807) is 23.6 Å². The number of ether oxygens (including phenoxy) is 1. The van der Waals surface area contributed by atoms with Gasteiger partial charge in [-0.15, -0.1) is 11.3 Å². The standard InChI is InChI=1S/C10H7ClF2N2OS/c11-8-5-17-10(15-8)14-6-3-1-2-4-7(6)16-9(12)13/h1-5,9H,(H,14,15). The van der Waals surface area contributed by atoms with Gasteiger partial charge >= 0.3 is 6.61 Å². The van der Waals surface area contributed by atoms with Gasteiger partial charge in [0.05, 0.1) is 5.69 Å². The molecule has 0 atom stereocenters. The highest BCUT2D eigenvalue weighted by molar-refractivity contribution is 7.14. The molecule has 2 aromatic rings. The Morgan fingerprint density at radius 3 is 2.76 bits per heavy atom. The summed E-state index contributed by atoms with van der Waals surface area (Å²) >= 11 is 6.93. The number of aromatic nitrogens is 1. The summed E-state index contributed by atoms with van der Waals surface area (Å²) in [5.41, 5.74) is 0.416. The van der Waals surface area contributed by atoms with Crippen molar-refractivity contribution < 1.29 is 13.5 Å². The van der Waals surface area contributed by atoms with Crippen LogP contribution in [0.4, 0.5) is 19.6 Å². The normalized spacial score (nSPS) is 10.6. The first-order valence-corrected chi connectivity index (χ1v) is 5.83. The van der Waals surface area contributed by atoms with Crippen LogP contribution in [0.3, 0.4) is 0 Å². The molecular weight excluding hydrogens is 270 g/mol. The van der Waals surface area contributed by atoms with Crippen molar-refractivity contribution in [3.63, 3.8) is 0 Å². The number of alkyl halides is 2. The van der Waals surface area contributed by atoms with Crippen molar-refractivity contribution in [3.8, 4) is 5.75 Å². The molecule has 0 unspecified atom stereocenters. The summed E-state index contributed by atoms with van der Waals surface area (Å²) < 4.78 is 28.7. The number of hydrogen-bond acceptors (Lipinski definition) is 4. The predicted octanol–water partition coefficient (Wildman–Crippen LogP) is 4.14. The van der Waals surface area contributed by atoms with E-state index in [4.69, 9.17) is 11.6 Å². The van der Waals surface area contributed by atoms with Gasteiger partial charge < -0.3 is 10.1 Å². The molecule has 0 aliphatic carbocycles. The Balaban J connectivity index is 2.20. The highest BCUT2D eigenvalue weighted by Crippen LogP contribution is 2.30. The third kappa shape index (κ3) is 3.28. The molecular formula is C10H7ClF2N2OS. The van der Waals surface area contributed by atoms with Gasteiger partial charge in [0, 0.05) is 5.38 Å². The van der Waals surface area contributed by atoms with Crippen LogP contribution < -0.4 is 10.1 Å². The molecule has 0 saturated heterocycles. The first kappa shape index (κ1) is 12.1. The molecule has 1 heterocycles. The zero-order valence-electron chi connectivity index (χ0n) is 8.36. The van der Waals surface area contributed by atoms with Gasteiger partial charge in [-0.05, 0) is 12.1 Å². The number of anilines is 2. The summed E-state index contributed by atoms with van der Waals surface area (Å²) in [6, 6.07) is 6.38. The van der Waals surface area contributed by atoms with E-state index in [0.717, 1.165) is 0 Å². The Hall–Kier alpha value is -1.40. The number of nitrogens with one attached hydrogen (secondary N) is 1. The van der Waals surface area contributed by atoms with Crippen molar-refractivity contribution in [3.05, 3.63) is 34.8 Å². The van der Waals surface area contributed by atoms with Crippen molar-refractivity contribution in [1.29, 1.82) is 0 Å². The highest BCUT2D eigenvalue weighted by Gasteiger charge is 2.10.